The third-order valence-corrected chi connectivity index (χ3v) is 4.01. The van der Waals surface area contributed by atoms with Crippen LogP contribution in [-0.4, -0.2) is 53.7 Å². The first-order valence-corrected chi connectivity index (χ1v) is 7.17. The number of hydrogen-bond acceptors (Lipinski definition) is 4. The van der Waals surface area contributed by atoms with Crippen LogP contribution in [0.15, 0.2) is 24.3 Å². The Morgan fingerprint density at radius 3 is 2.32 bits per heavy atom. The average Bonchev–Trinajstić information content (AvgIpc) is 2.44. The van der Waals surface area contributed by atoms with Crippen molar-refractivity contribution in [2.75, 3.05) is 32.7 Å². The maximum Gasteiger partial charge on any atom is 0.115 e. The lowest BCUT2D eigenvalue weighted by atomic mass is 10.1. The van der Waals surface area contributed by atoms with Gasteiger partial charge in [-0.25, -0.2) is 0 Å². The van der Waals surface area contributed by atoms with Gasteiger partial charge in [-0.3, -0.25) is 9.80 Å². The van der Waals surface area contributed by atoms with Gasteiger partial charge in [0.05, 0.1) is 0 Å². The highest BCUT2D eigenvalue weighted by Crippen LogP contribution is 2.14. The van der Waals surface area contributed by atoms with Crippen LogP contribution in [0.3, 0.4) is 0 Å². The zero-order chi connectivity index (χ0) is 13.7. The summed E-state index contributed by atoms with van der Waals surface area (Å²) in [6, 6.07) is 8.04. The van der Waals surface area contributed by atoms with Gasteiger partial charge in [0, 0.05) is 45.3 Å². The lowest BCUT2D eigenvalue weighted by Crippen LogP contribution is -2.51. The van der Waals surface area contributed by atoms with Crippen molar-refractivity contribution in [1.82, 2.24) is 9.80 Å². The zero-order valence-corrected chi connectivity index (χ0v) is 11.8. The summed E-state index contributed by atoms with van der Waals surface area (Å²) in [5.74, 6) is 0.335. The lowest BCUT2D eigenvalue weighted by Gasteiger charge is -2.38. The maximum atomic E-state index is 9.28. The zero-order valence-electron chi connectivity index (χ0n) is 11.8. The van der Waals surface area contributed by atoms with Gasteiger partial charge in [-0.1, -0.05) is 19.1 Å². The molecule has 1 atom stereocenters. The molecule has 1 saturated heterocycles. The van der Waals surface area contributed by atoms with Crippen molar-refractivity contribution in [2.45, 2.75) is 25.9 Å². The van der Waals surface area contributed by atoms with E-state index >= 15 is 0 Å². The summed E-state index contributed by atoms with van der Waals surface area (Å²) >= 11 is 0. The van der Waals surface area contributed by atoms with E-state index in [-0.39, 0.29) is 0 Å². The molecule has 2 rings (SSSR count). The number of phenols is 1. The molecule has 0 spiro atoms. The minimum Gasteiger partial charge on any atom is -0.508 e. The summed E-state index contributed by atoms with van der Waals surface area (Å²) in [7, 11) is 0. The first-order valence-electron chi connectivity index (χ1n) is 7.17. The molecule has 1 fully saturated rings. The second-order valence-electron chi connectivity index (χ2n) is 5.28. The molecule has 106 valence electrons. The lowest BCUT2D eigenvalue weighted by molar-refractivity contribution is 0.0926. The van der Waals surface area contributed by atoms with Gasteiger partial charge in [0.1, 0.15) is 5.75 Å². The van der Waals surface area contributed by atoms with Gasteiger partial charge in [0.15, 0.2) is 0 Å². The summed E-state index contributed by atoms with van der Waals surface area (Å²) in [6.07, 6.45) is 1.13. The molecule has 4 heteroatoms. The number of benzene rings is 1. The number of phenolic OH excluding ortho intramolecular Hbond substituents is 1. The fourth-order valence-corrected chi connectivity index (χ4v) is 2.72. The van der Waals surface area contributed by atoms with Gasteiger partial charge in [-0.2, -0.15) is 0 Å². The molecule has 0 radical (unpaired) electrons. The molecular formula is C15H25N3O. The van der Waals surface area contributed by atoms with Crippen molar-refractivity contribution in [3.8, 4) is 5.75 Å². The van der Waals surface area contributed by atoms with Crippen LogP contribution >= 0.6 is 0 Å². The molecule has 1 unspecified atom stereocenters. The van der Waals surface area contributed by atoms with E-state index in [0.29, 0.717) is 11.8 Å². The Morgan fingerprint density at radius 2 is 1.79 bits per heavy atom. The van der Waals surface area contributed by atoms with Crippen LogP contribution in [0, 0.1) is 0 Å². The number of hydrogen-bond donors (Lipinski definition) is 2. The van der Waals surface area contributed by atoms with Crippen LogP contribution in [0.4, 0.5) is 0 Å². The summed E-state index contributed by atoms with van der Waals surface area (Å²) < 4.78 is 0. The van der Waals surface area contributed by atoms with Crippen molar-refractivity contribution < 1.29 is 5.11 Å². The highest BCUT2D eigenvalue weighted by Gasteiger charge is 2.21. The van der Waals surface area contributed by atoms with Crippen LogP contribution in [-0.2, 0) is 6.54 Å². The minimum absolute atomic E-state index is 0.335. The smallest absolute Gasteiger partial charge is 0.115 e. The monoisotopic (exact) mass is 263 g/mol. The Balaban J connectivity index is 1.81. The van der Waals surface area contributed by atoms with Gasteiger partial charge in [-0.15, -0.1) is 0 Å². The van der Waals surface area contributed by atoms with E-state index in [1.54, 1.807) is 12.1 Å². The van der Waals surface area contributed by atoms with Crippen molar-refractivity contribution in [3.05, 3.63) is 29.8 Å². The topological polar surface area (TPSA) is 52.7 Å². The Labute approximate surface area is 115 Å². The third-order valence-electron chi connectivity index (χ3n) is 4.01. The minimum atomic E-state index is 0.335. The molecule has 0 aliphatic carbocycles. The molecule has 0 aromatic heterocycles. The second-order valence-corrected chi connectivity index (χ2v) is 5.28. The molecule has 1 aliphatic heterocycles. The highest BCUT2D eigenvalue weighted by atomic mass is 16.3. The van der Waals surface area contributed by atoms with E-state index in [1.165, 1.54) is 5.56 Å². The first kappa shape index (κ1) is 14.3. The van der Waals surface area contributed by atoms with Crippen molar-refractivity contribution >= 4 is 0 Å². The Hall–Kier alpha value is -1.10. The van der Waals surface area contributed by atoms with Gasteiger partial charge >= 0.3 is 0 Å². The average molecular weight is 263 g/mol. The Bertz CT molecular complexity index is 367. The summed E-state index contributed by atoms with van der Waals surface area (Å²) in [6.45, 7) is 8.33. The number of aromatic hydroxyl groups is 1. The van der Waals surface area contributed by atoms with Gasteiger partial charge in [-0.05, 0) is 24.1 Å². The number of rotatable bonds is 5. The summed E-state index contributed by atoms with van der Waals surface area (Å²) in [5.41, 5.74) is 7.07. The predicted molar refractivity (Wildman–Crippen MR) is 78.1 cm³/mol. The molecule has 1 aromatic rings. The molecule has 4 nitrogen and oxygen atoms in total. The van der Waals surface area contributed by atoms with E-state index in [1.807, 2.05) is 12.1 Å². The van der Waals surface area contributed by atoms with Gasteiger partial charge in [0.25, 0.3) is 0 Å². The van der Waals surface area contributed by atoms with E-state index in [0.717, 1.165) is 45.7 Å². The Morgan fingerprint density at radius 1 is 1.16 bits per heavy atom. The van der Waals surface area contributed by atoms with Crippen molar-refractivity contribution in [1.29, 1.82) is 0 Å². The fraction of sp³-hybridized carbons (Fsp3) is 0.600. The standard InChI is InChI=1S/C15H25N3O/c1-2-14(11-16)18-9-7-17(8-10-18)12-13-3-5-15(19)6-4-13/h3-6,14,19H,2,7-12,16H2,1H3. The van der Waals surface area contributed by atoms with Crippen LogP contribution in [0.25, 0.3) is 0 Å². The maximum absolute atomic E-state index is 9.28. The summed E-state index contributed by atoms with van der Waals surface area (Å²) in [4.78, 5) is 4.97. The third kappa shape index (κ3) is 3.93. The molecule has 3 N–H and O–H groups in total. The second kappa shape index (κ2) is 6.89. The molecule has 0 bridgehead atoms. The van der Waals surface area contributed by atoms with E-state index in [4.69, 9.17) is 5.73 Å². The Kier molecular flexibility index (Phi) is 5.19. The molecule has 1 aromatic carbocycles. The summed E-state index contributed by atoms with van der Waals surface area (Å²) in [5, 5.41) is 9.28. The number of piperazine rings is 1. The van der Waals surface area contributed by atoms with Gasteiger partial charge in [0.2, 0.25) is 0 Å². The van der Waals surface area contributed by atoms with E-state index < -0.39 is 0 Å². The quantitative estimate of drug-likeness (QED) is 0.839. The van der Waals surface area contributed by atoms with Crippen LogP contribution < -0.4 is 5.73 Å². The highest BCUT2D eigenvalue weighted by molar-refractivity contribution is 5.25. The molecule has 1 heterocycles. The van der Waals surface area contributed by atoms with Crippen LogP contribution in [0.5, 0.6) is 5.75 Å². The SMILES string of the molecule is CCC(CN)N1CCN(Cc2ccc(O)cc2)CC1. The number of nitrogens with two attached hydrogens (primary N) is 1. The van der Waals surface area contributed by atoms with Crippen LogP contribution in [0.2, 0.25) is 0 Å². The normalized spacial score (nSPS) is 19.5. The van der Waals surface area contributed by atoms with Gasteiger partial charge < -0.3 is 10.8 Å². The molecule has 19 heavy (non-hydrogen) atoms. The van der Waals surface area contributed by atoms with Crippen molar-refractivity contribution in [2.24, 2.45) is 5.73 Å². The van der Waals surface area contributed by atoms with E-state index in [9.17, 15) is 5.11 Å². The predicted octanol–water partition coefficient (Wildman–Crippen LogP) is 1.25. The van der Waals surface area contributed by atoms with E-state index in [2.05, 4.69) is 16.7 Å². The molecule has 0 saturated carbocycles. The molecule has 1 aliphatic rings. The fourth-order valence-electron chi connectivity index (χ4n) is 2.72. The molecule has 0 amide bonds. The number of nitrogens with zero attached hydrogens (tertiary/aromatic N) is 2. The van der Waals surface area contributed by atoms with Crippen LogP contribution in [0.1, 0.15) is 18.9 Å². The van der Waals surface area contributed by atoms with Crippen molar-refractivity contribution in [3.63, 3.8) is 0 Å². The first-order chi connectivity index (χ1) is 9.22. The largest absolute Gasteiger partial charge is 0.508 e. The molecular weight excluding hydrogens is 238 g/mol.